The molecule has 2 aliphatic heterocycles. The van der Waals surface area contributed by atoms with Gasteiger partial charge >= 0.3 is 6.03 Å². The first-order chi connectivity index (χ1) is 24.1. The summed E-state index contributed by atoms with van der Waals surface area (Å²) in [6.45, 7) is 6.80. The summed E-state index contributed by atoms with van der Waals surface area (Å²) in [5.74, 6) is 1.04. The maximum atomic E-state index is 14.4. The first kappa shape index (κ1) is 35.0. The van der Waals surface area contributed by atoms with Crippen molar-refractivity contribution in [2.45, 2.75) is 76.4 Å². The van der Waals surface area contributed by atoms with Crippen LogP contribution in [0, 0.1) is 30.6 Å². The fourth-order valence-electron chi connectivity index (χ4n) is 8.69. The first-order valence-electron chi connectivity index (χ1n) is 18.3. The Bertz CT molecular complexity index is 1770. The van der Waals surface area contributed by atoms with Crippen LogP contribution in [-0.2, 0) is 31.2 Å². The van der Waals surface area contributed by atoms with Crippen LogP contribution in [-0.4, -0.2) is 74.6 Å². The van der Waals surface area contributed by atoms with Gasteiger partial charge in [-0.05, 0) is 98.9 Å². The Labute approximate surface area is 297 Å². The van der Waals surface area contributed by atoms with E-state index in [1.54, 1.807) is 20.3 Å². The van der Waals surface area contributed by atoms with Crippen molar-refractivity contribution in [2.75, 3.05) is 51.2 Å². The van der Waals surface area contributed by atoms with Crippen molar-refractivity contribution in [1.29, 1.82) is 0 Å². The minimum Gasteiger partial charge on any atom is -0.490 e. The van der Waals surface area contributed by atoms with Gasteiger partial charge in [0.15, 0.2) is 0 Å². The lowest BCUT2D eigenvalue weighted by Gasteiger charge is -2.46. The predicted octanol–water partition coefficient (Wildman–Crippen LogP) is 5.96. The molecule has 2 saturated carbocycles. The third-order valence-corrected chi connectivity index (χ3v) is 13.6. The molecule has 2 heterocycles. The van der Waals surface area contributed by atoms with Gasteiger partial charge in [0.1, 0.15) is 15.7 Å². The number of methoxy groups -OCH3 is 2. The first-order valence-corrected chi connectivity index (χ1v) is 19.9. The summed E-state index contributed by atoms with van der Waals surface area (Å²) in [4.78, 5) is 29.4. The van der Waals surface area contributed by atoms with E-state index in [1.807, 2.05) is 19.1 Å². The van der Waals surface area contributed by atoms with Crippen molar-refractivity contribution >= 4 is 27.5 Å². The minimum absolute atomic E-state index is 0.0339. The molecule has 2 aromatic carbocycles. The molecule has 270 valence electrons. The van der Waals surface area contributed by atoms with Crippen molar-refractivity contribution in [3.05, 3.63) is 70.8 Å². The molecule has 7 rings (SSSR count). The van der Waals surface area contributed by atoms with Crippen LogP contribution < -0.4 is 19.7 Å². The van der Waals surface area contributed by atoms with Gasteiger partial charge in [0.05, 0.1) is 30.8 Å². The highest BCUT2D eigenvalue weighted by Gasteiger charge is 2.44. The minimum atomic E-state index is -3.47. The van der Waals surface area contributed by atoms with Gasteiger partial charge in [-0.25, -0.2) is 9.00 Å². The number of carbonyl (C=O) groups is 2. The number of ether oxygens (including phenoxy) is 3. The van der Waals surface area contributed by atoms with Crippen LogP contribution in [0.1, 0.15) is 72.5 Å². The summed E-state index contributed by atoms with van der Waals surface area (Å²) in [6.07, 6.45) is 11.0. The molecule has 1 spiro atoms. The van der Waals surface area contributed by atoms with Crippen LogP contribution in [0.2, 0.25) is 0 Å². The maximum Gasteiger partial charge on any atom is 0.327 e. The second-order valence-corrected chi connectivity index (χ2v) is 17.5. The van der Waals surface area contributed by atoms with Gasteiger partial charge in [-0.1, -0.05) is 42.8 Å². The Morgan fingerprint density at radius 3 is 2.82 bits per heavy atom. The van der Waals surface area contributed by atoms with E-state index in [0.29, 0.717) is 37.0 Å². The zero-order valence-corrected chi connectivity index (χ0v) is 30.6. The molecule has 3 aliphatic carbocycles. The Morgan fingerprint density at radius 2 is 2.04 bits per heavy atom. The predicted molar refractivity (Wildman–Crippen MR) is 195 cm³/mol. The number of allylic oxidation sites excluding steroid dienone is 1. The van der Waals surface area contributed by atoms with E-state index in [-0.39, 0.29) is 35.1 Å². The van der Waals surface area contributed by atoms with Gasteiger partial charge in [-0.2, -0.15) is 0 Å². The molecule has 5 aliphatic rings. The number of hydrogen-bond acceptors (Lipinski definition) is 7. The number of fused-ring (bicyclic) bond motifs is 4. The zero-order valence-electron chi connectivity index (χ0n) is 29.8. The van der Waals surface area contributed by atoms with Crippen LogP contribution in [0.3, 0.4) is 0 Å². The number of rotatable bonds is 5. The van der Waals surface area contributed by atoms with Crippen molar-refractivity contribution in [3.63, 3.8) is 0 Å². The number of benzene rings is 2. The summed E-state index contributed by atoms with van der Waals surface area (Å²) in [7, 11) is -0.0584. The molecule has 10 nitrogen and oxygen atoms in total. The van der Waals surface area contributed by atoms with E-state index in [9.17, 15) is 13.8 Å². The molecule has 0 saturated heterocycles. The largest absolute Gasteiger partial charge is 0.490 e. The lowest BCUT2D eigenvalue weighted by molar-refractivity contribution is 0.0131. The Hall–Kier alpha value is -3.41. The summed E-state index contributed by atoms with van der Waals surface area (Å²) >= 11 is 0. The van der Waals surface area contributed by atoms with E-state index in [4.69, 9.17) is 14.2 Å². The third kappa shape index (κ3) is 7.32. The van der Waals surface area contributed by atoms with E-state index >= 15 is 0 Å². The number of hydrogen-bond donors (Lipinski definition) is 2. The lowest BCUT2D eigenvalue weighted by Crippen LogP contribution is -2.49. The zero-order chi connectivity index (χ0) is 35.0. The van der Waals surface area contributed by atoms with Gasteiger partial charge in [0, 0.05) is 50.2 Å². The Balaban J connectivity index is 1.26. The SMILES string of the molecule is COC[C@@H]1C[C@@H]1NC(=O)NS1(=O)=NC(=O)c2ccc3c(c2)N(C[C@@H]2CC[C@H]2[C@@H](OC)/C=C/C[C@H](C)C1)C[C@@]1(CCCc2cc(C)ccc21)CO3. The normalized spacial score (nSPS) is 34.2. The number of carbonyl (C=O) groups excluding carboxylic acids is 2. The summed E-state index contributed by atoms with van der Waals surface area (Å²) in [6, 6.07) is 11.6. The average Bonchev–Trinajstić information content (AvgIpc) is 3.82. The second kappa shape index (κ2) is 14.3. The second-order valence-electron chi connectivity index (χ2n) is 15.5. The van der Waals surface area contributed by atoms with Gasteiger partial charge in [0.25, 0.3) is 5.91 Å². The molecular weight excluding hydrogens is 653 g/mol. The van der Waals surface area contributed by atoms with Crippen molar-refractivity contribution in [1.82, 2.24) is 10.0 Å². The quantitative estimate of drug-likeness (QED) is 0.369. The molecule has 8 atom stereocenters. The number of urea groups is 1. The molecular formula is C39H52N4O6S. The highest BCUT2D eigenvalue weighted by Crippen LogP contribution is 2.47. The van der Waals surface area contributed by atoms with E-state index in [0.717, 1.165) is 63.1 Å². The van der Waals surface area contributed by atoms with Crippen LogP contribution in [0.15, 0.2) is 52.9 Å². The maximum absolute atomic E-state index is 14.4. The molecule has 2 aromatic rings. The molecule has 0 radical (unpaired) electrons. The molecule has 50 heavy (non-hydrogen) atoms. The summed E-state index contributed by atoms with van der Waals surface area (Å²) in [5, 5.41) is 2.88. The average molecular weight is 705 g/mol. The number of amides is 3. The molecule has 2 N–H and O–H groups in total. The van der Waals surface area contributed by atoms with E-state index in [2.05, 4.69) is 56.6 Å². The highest BCUT2D eigenvalue weighted by molar-refractivity contribution is 7.92. The number of anilines is 1. The molecule has 3 amide bonds. The molecule has 0 aromatic heterocycles. The monoisotopic (exact) mass is 704 g/mol. The molecule has 1 unspecified atom stereocenters. The van der Waals surface area contributed by atoms with E-state index < -0.39 is 21.9 Å². The number of nitrogens with zero attached hydrogens (tertiary/aromatic N) is 2. The number of nitrogens with one attached hydrogen (secondary N) is 2. The van der Waals surface area contributed by atoms with Gasteiger partial charge in [0.2, 0.25) is 0 Å². The highest BCUT2D eigenvalue weighted by atomic mass is 32.2. The smallest absolute Gasteiger partial charge is 0.327 e. The Kier molecular flexibility index (Phi) is 10.0. The summed E-state index contributed by atoms with van der Waals surface area (Å²) in [5.41, 5.74) is 5.02. The lowest BCUT2D eigenvalue weighted by atomic mass is 9.68. The van der Waals surface area contributed by atoms with Gasteiger partial charge < -0.3 is 24.4 Å². The topological polar surface area (TPSA) is 119 Å². The van der Waals surface area contributed by atoms with Crippen LogP contribution >= 0.6 is 0 Å². The number of aryl methyl sites for hydroxylation is 2. The van der Waals surface area contributed by atoms with Crippen LogP contribution in [0.4, 0.5) is 10.5 Å². The Morgan fingerprint density at radius 1 is 1.18 bits per heavy atom. The molecule has 2 bridgehead atoms. The van der Waals surface area contributed by atoms with Crippen LogP contribution in [0.25, 0.3) is 0 Å². The standard InChI is InChI=1S/C39H52N4O6S/c1-25-10-14-32-27(17-25)8-6-16-39(32)23-43-20-29-11-13-31(29)35(48-4)9-5-7-26(2)22-50(46,42-38(45)40-33-18-30(33)21-47-3)41-37(44)28-12-15-36(49-24-39)34(43)19-28/h5,9-10,12,14-15,17,19,26,29-31,33,35H,6-8,11,13,16,18,20-24H2,1-4H3,(H2,40,41,42,44,45,46)/b9-5+/t26-,29-,30-,31+,33-,35-,39-,50?/m0/s1. The van der Waals surface area contributed by atoms with Crippen molar-refractivity contribution in [2.24, 2.45) is 28.0 Å². The van der Waals surface area contributed by atoms with Crippen LogP contribution in [0.5, 0.6) is 5.75 Å². The fourth-order valence-corrected chi connectivity index (χ4v) is 10.5. The summed E-state index contributed by atoms with van der Waals surface area (Å²) < 4.78 is 39.3. The van der Waals surface area contributed by atoms with Gasteiger partial charge in [-0.3, -0.25) is 9.52 Å². The van der Waals surface area contributed by atoms with Crippen molar-refractivity contribution in [3.8, 4) is 5.75 Å². The van der Waals surface area contributed by atoms with Crippen molar-refractivity contribution < 1.29 is 28.0 Å². The van der Waals surface area contributed by atoms with E-state index in [1.165, 1.54) is 16.7 Å². The fraction of sp³-hybridized carbons (Fsp3) is 0.590. The van der Waals surface area contributed by atoms with Gasteiger partial charge in [-0.15, -0.1) is 4.36 Å². The molecule has 11 heteroatoms. The molecule has 2 fully saturated rings. The third-order valence-electron chi connectivity index (χ3n) is 11.6.